The van der Waals surface area contributed by atoms with E-state index in [1.54, 1.807) is 6.21 Å². The molecule has 0 spiro atoms. The summed E-state index contributed by atoms with van der Waals surface area (Å²) in [6, 6.07) is 7.98. The summed E-state index contributed by atoms with van der Waals surface area (Å²) in [6.07, 6.45) is 1.74. The molecule has 0 amide bonds. The van der Waals surface area contributed by atoms with Crippen LogP contribution in [0.4, 0.5) is 17.8 Å². The van der Waals surface area contributed by atoms with E-state index in [1.165, 1.54) is 0 Å². The minimum Gasteiger partial charge on any atom is -0.354 e. The van der Waals surface area contributed by atoms with E-state index in [2.05, 4.69) is 58.7 Å². The van der Waals surface area contributed by atoms with Crippen molar-refractivity contribution in [3.8, 4) is 0 Å². The highest BCUT2D eigenvalue weighted by Crippen LogP contribution is 2.10. The molecule has 116 valence electrons. The van der Waals surface area contributed by atoms with Gasteiger partial charge in [-0.3, -0.25) is 0 Å². The van der Waals surface area contributed by atoms with Gasteiger partial charge in [0.15, 0.2) is 0 Å². The molecule has 0 fully saturated rings. The lowest BCUT2D eigenvalue weighted by atomic mass is 10.2. The monoisotopic (exact) mass is 411 g/mol. The van der Waals surface area contributed by atoms with E-state index in [0.29, 0.717) is 17.8 Å². The summed E-state index contributed by atoms with van der Waals surface area (Å²) >= 11 is 2.27. The molecule has 0 aliphatic carbocycles. The molecular formula is C14H18IN7. The van der Waals surface area contributed by atoms with E-state index in [9.17, 15) is 0 Å². The van der Waals surface area contributed by atoms with Gasteiger partial charge in [-0.15, -0.1) is 0 Å². The highest BCUT2D eigenvalue weighted by atomic mass is 127. The molecule has 7 nitrogen and oxygen atoms in total. The van der Waals surface area contributed by atoms with Crippen LogP contribution in [0.2, 0.25) is 0 Å². The summed E-state index contributed by atoms with van der Waals surface area (Å²) in [4.78, 5) is 12.8. The Balaban J connectivity index is 2.12. The topological polar surface area (TPSA) is 87.1 Å². The molecule has 1 aromatic carbocycles. The summed E-state index contributed by atoms with van der Waals surface area (Å²) in [5.41, 5.74) is 3.87. The molecule has 0 saturated heterocycles. The molecule has 22 heavy (non-hydrogen) atoms. The van der Waals surface area contributed by atoms with Gasteiger partial charge in [0.05, 0.1) is 6.21 Å². The average molecular weight is 411 g/mol. The van der Waals surface area contributed by atoms with Gasteiger partial charge < -0.3 is 10.6 Å². The Hall–Kier alpha value is -1.97. The van der Waals surface area contributed by atoms with Crippen LogP contribution in [0.25, 0.3) is 0 Å². The molecule has 0 unspecified atom stereocenters. The first-order chi connectivity index (χ1) is 10.7. The van der Waals surface area contributed by atoms with Crippen molar-refractivity contribution in [3.05, 3.63) is 33.4 Å². The Morgan fingerprint density at radius 3 is 2.18 bits per heavy atom. The van der Waals surface area contributed by atoms with Gasteiger partial charge in [-0.1, -0.05) is 18.2 Å². The van der Waals surface area contributed by atoms with E-state index in [0.717, 1.165) is 22.2 Å². The first-order valence-corrected chi connectivity index (χ1v) is 8.08. The molecule has 0 saturated carbocycles. The summed E-state index contributed by atoms with van der Waals surface area (Å²) in [5.74, 6) is 1.42. The van der Waals surface area contributed by atoms with Crippen molar-refractivity contribution in [3.63, 3.8) is 0 Å². The van der Waals surface area contributed by atoms with Crippen LogP contribution in [-0.2, 0) is 0 Å². The highest BCUT2D eigenvalue weighted by molar-refractivity contribution is 14.1. The van der Waals surface area contributed by atoms with Crippen molar-refractivity contribution in [2.75, 3.05) is 29.1 Å². The maximum atomic E-state index is 4.26. The minimum absolute atomic E-state index is 0.393. The lowest BCUT2D eigenvalue weighted by Gasteiger charge is -2.07. The molecule has 2 aromatic rings. The largest absolute Gasteiger partial charge is 0.354 e. The van der Waals surface area contributed by atoms with Crippen LogP contribution in [0.15, 0.2) is 29.4 Å². The zero-order valence-corrected chi connectivity index (χ0v) is 14.6. The maximum Gasteiger partial charge on any atom is 0.250 e. The summed E-state index contributed by atoms with van der Waals surface area (Å²) in [7, 11) is 0. The number of benzene rings is 1. The molecule has 3 N–H and O–H groups in total. The van der Waals surface area contributed by atoms with Crippen molar-refractivity contribution in [2.24, 2.45) is 5.10 Å². The molecule has 0 atom stereocenters. The van der Waals surface area contributed by atoms with E-state index in [4.69, 9.17) is 0 Å². The zero-order chi connectivity index (χ0) is 15.8. The van der Waals surface area contributed by atoms with Crippen LogP contribution in [-0.4, -0.2) is 34.3 Å². The van der Waals surface area contributed by atoms with Gasteiger partial charge in [-0.25, -0.2) is 5.43 Å². The third-order valence-electron chi connectivity index (χ3n) is 2.58. The number of nitrogens with one attached hydrogen (secondary N) is 3. The average Bonchev–Trinajstić information content (AvgIpc) is 2.50. The highest BCUT2D eigenvalue weighted by Gasteiger charge is 2.04. The van der Waals surface area contributed by atoms with Crippen molar-refractivity contribution in [1.82, 2.24) is 15.0 Å². The second kappa shape index (κ2) is 8.47. The van der Waals surface area contributed by atoms with Gasteiger partial charge in [0.25, 0.3) is 0 Å². The van der Waals surface area contributed by atoms with Gasteiger partial charge in [0.2, 0.25) is 17.8 Å². The molecule has 0 bridgehead atoms. The van der Waals surface area contributed by atoms with E-state index >= 15 is 0 Å². The molecule has 0 radical (unpaired) electrons. The second-order valence-electron chi connectivity index (χ2n) is 4.26. The van der Waals surface area contributed by atoms with Gasteiger partial charge in [-0.2, -0.15) is 20.1 Å². The fourth-order valence-corrected chi connectivity index (χ4v) is 2.17. The predicted molar refractivity (Wildman–Crippen MR) is 98.5 cm³/mol. The van der Waals surface area contributed by atoms with Gasteiger partial charge in [0, 0.05) is 22.2 Å². The Bertz CT molecular complexity index is 621. The number of halogens is 1. The Morgan fingerprint density at radius 1 is 1.00 bits per heavy atom. The Morgan fingerprint density at radius 2 is 1.59 bits per heavy atom. The van der Waals surface area contributed by atoms with E-state index < -0.39 is 0 Å². The molecule has 1 heterocycles. The summed E-state index contributed by atoms with van der Waals surface area (Å²) in [5, 5.41) is 10.3. The first-order valence-electron chi connectivity index (χ1n) is 7.00. The third kappa shape index (κ3) is 4.79. The summed E-state index contributed by atoms with van der Waals surface area (Å²) in [6.45, 7) is 5.44. The minimum atomic E-state index is 0.393. The summed E-state index contributed by atoms with van der Waals surface area (Å²) < 4.78 is 1.13. The van der Waals surface area contributed by atoms with Crippen molar-refractivity contribution >= 4 is 46.7 Å². The normalized spacial score (nSPS) is 10.7. The van der Waals surface area contributed by atoms with Gasteiger partial charge in [-0.05, 0) is 42.5 Å². The van der Waals surface area contributed by atoms with Crippen LogP contribution in [0.5, 0.6) is 0 Å². The Kier molecular flexibility index (Phi) is 6.31. The van der Waals surface area contributed by atoms with Gasteiger partial charge >= 0.3 is 0 Å². The van der Waals surface area contributed by atoms with E-state index in [1.807, 2.05) is 38.1 Å². The number of nitrogens with zero attached hydrogens (tertiary/aromatic N) is 4. The quantitative estimate of drug-likeness (QED) is 0.369. The number of hydrogen-bond donors (Lipinski definition) is 3. The van der Waals surface area contributed by atoms with Crippen molar-refractivity contribution in [2.45, 2.75) is 13.8 Å². The maximum absolute atomic E-state index is 4.26. The number of rotatable bonds is 7. The first kappa shape index (κ1) is 16.4. The molecule has 8 heteroatoms. The molecule has 2 rings (SSSR count). The lowest BCUT2D eigenvalue weighted by molar-refractivity contribution is 0.992. The smallest absolute Gasteiger partial charge is 0.250 e. The fourth-order valence-electron chi connectivity index (χ4n) is 1.64. The lowest BCUT2D eigenvalue weighted by Crippen LogP contribution is -2.10. The van der Waals surface area contributed by atoms with Gasteiger partial charge in [0.1, 0.15) is 0 Å². The fraction of sp³-hybridized carbons (Fsp3) is 0.286. The van der Waals surface area contributed by atoms with Crippen LogP contribution < -0.4 is 16.1 Å². The van der Waals surface area contributed by atoms with Crippen molar-refractivity contribution < 1.29 is 0 Å². The van der Waals surface area contributed by atoms with Crippen LogP contribution in [0.1, 0.15) is 19.4 Å². The molecular weight excluding hydrogens is 393 g/mol. The number of aromatic nitrogens is 3. The second-order valence-corrected chi connectivity index (χ2v) is 5.42. The number of anilines is 3. The number of hydrazone groups is 1. The standard InChI is InChI=1S/C14H18IN7/c1-3-16-12-19-13(17-4-2)21-14(20-12)22-18-9-10-7-5-6-8-11(10)15/h5-9H,3-4H2,1-2H3,(H3,16,17,19,20,21,22)/b18-9+. The van der Waals surface area contributed by atoms with Crippen molar-refractivity contribution in [1.29, 1.82) is 0 Å². The van der Waals surface area contributed by atoms with Crippen LogP contribution in [0.3, 0.4) is 0 Å². The molecule has 1 aromatic heterocycles. The zero-order valence-electron chi connectivity index (χ0n) is 12.5. The molecule has 0 aliphatic rings. The SMILES string of the molecule is CCNc1nc(NCC)nc(N/N=C/c2ccccc2I)n1. The third-order valence-corrected chi connectivity index (χ3v) is 3.56. The van der Waals surface area contributed by atoms with Crippen LogP contribution >= 0.6 is 22.6 Å². The molecule has 0 aliphatic heterocycles. The Labute approximate surface area is 143 Å². The number of hydrogen-bond acceptors (Lipinski definition) is 7. The van der Waals surface area contributed by atoms with E-state index in [-0.39, 0.29) is 0 Å². The predicted octanol–water partition coefficient (Wildman–Crippen LogP) is 2.79. The van der Waals surface area contributed by atoms with Crippen LogP contribution in [0, 0.1) is 3.57 Å².